The number of nitriles is 1. The van der Waals surface area contributed by atoms with Gasteiger partial charge in [-0.1, -0.05) is 6.92 Å². The Morgan fingerprint density at radius 2 is 2.29 bits per heavy atom. The molecule has 0 N–H and O–H groups in total. The van der Waals surface area contributed by atoms with Gasteiger partial charge < -0.3 is 9.64 Å². The van der Waals surface area contributed by atoms with Crippen molar-refractivity contribution in [3.05, 3.63) is 0 Å². The third kappa shape index (κ3) is 5.55. The number of carbonyl (C=O) groups is 1. The van der Waals surface area contributed by atoms with Crippen LogP contribution in [-0.4, -0.2) is 38.1 Å². The number of esters is 1. The highest BCUT2D eigenvalue weighted by Gasteiger charge is 2.14. The molecule has 0 aliphatic rings. The Kier molecular flexibility index (Phi) is 6.77. The van der Waals surface area contributed by atoms with Gasteiger partial charge in [0.05, 0.1) is 19.1 Å². The van der Waals surface area contributed by atoms with Crippen LogP contribution in [0, 0.1) is 17.2 Å². The summed E-state index contributed by atoms with van der Waals surface area (Å²) in [6.07, 6.45) is 1.41. The summed E-state index contributed by atoms with van der Waals surface area (Å²) in [6, 6.07) is 2.09. The summed E-state index contributed by atoms with van der Waals surface area (Å²) in [5, 5.41) is 8.34. The van der Waals surface area contributed by atoms with Crippen molar-refractivity contribution in [1.29, 1.82) is 5.26 Å². The normalized spacial score (nSPS) is 12.2. The summed E-state index contributed by atoms with van der Waals surface area (Å²) < 4.78 is 4.62. The van der Waals surface area contributed by atoms with E-state index >= 15 is 0 Å². The number of ether oxygens (including phenoxy) is 1. The minimum atomic E-state index is -0.183. The number of hydrogen-bond acceptors (Lipinski definition) is 4. The molecule has 0 saturated heterocycles. The molecule has 14 heavy (non-hydrogen) atoms. The number of hydrogen-bond donors (Lipinski definition) is 0. The number of methoxy groups -OCH3 is 1. The lowest BCUT2D eigenvalue weighted by atomic mass is 10.1. The van der Waals surface area contributed by atoms with Crippen LogP contribution in [0.1, 0.15) is 19.8 Å². The second kappa shape index (κ2) is 7.34. The van der Waals surface area contributed by atoms with E-state index in [1.54, 1.807) is 0 Å². The predicted molar refractivity (Wildman–Crippen MR) is 53.5 cm³/mol. The summed E-state index contributed by atoms with van der Waals surface area (Å²) in [5.41, 5.74) is 0. The number of unbranched alkanes of at least 4 members (excludes halogenated alkanes) is 1. The molecule has 0 aromatic carbocycles. The van der Waals surface area contributed by atoms with Gasteiger partial charge in [-0.2, -0.15) is 5.26 Å². The first-order valence-electron chi connectivity index (χ1n) is 4.75. The second-order valence-electron chi connectivity index (χ2n) is 3.45. The molecule has 0 aliphatic heterocycles. The minimum Gasteiger partial charge on any atom is -0.469 e. The van der Waals surface area contributed by atoms with Crippen LogP contribution in [0.4, 0.5) is 0 Å². The summed E-state index contributed by atoms with van der Waals surface area (Å²) >= 11 is 0. The van der Waals surface area contributed by atoms with Crippen LogP contribution in [-0.2, 0) is 9.53 Å². The molecule has 0 amide bonds. The van der Waals surface area contributed by atoms with Crippen LogP contribution >= 0.6 is 0 Å². The highest BCUT2D eigenvalue weighted by Crippen LogP contribution is 2.01. The molecule has 0 radical (unpaired) electrons. The molecule has 0 fully saturated rings. The van der Waals surface area contributed by atoms with Gasteiger partial charge in [0.25, 0.3) is 0 Å². The van der Waals surface area contributed by atoms with E-state index in [1.807, 2.05) is 18.9 Å². The molecule has 4 nitrogen and oxygen atoms in total. The lowest BCUT2D eigenvalue weighted by Crippen LogP contribution is -2.30. The molecule has 0 heterocycles. The first-order chi connectivity index (χ1) is 6.61. The van der Waals surface area contributed by atoms with E-state index in [0.29, 0.717) is 13.0 Å². The third-order valence-electron chi connectivity index (χ3n) is 2.02. The Hall–Kier alpha value is -1.08. The fourth-order valence-corrected chi connectivity index (χ4v) is 1.26. The molecule has 0 aromatic heterocycles. The van der Waals surface area contributed by atoms with Crippen LogP contribution in [0.5, 0.6) is 0 Å². The molecule has 0 rings (SSSR count). The van der Waals surface area contributed by atoms with E-state index in [1.165, 1.54) is 7.11 Å². The van der Waals surface area contributed by atoms with Crippen molar-refractivity contribution in [3.63, 3.8) is 0 Å². The lowest BCUT2D eigenvalue weighted by Gasteiger charge is -2.19. The molecular weight excluding hydrogens is 180 g/mol. The first kappa shape index (κ1) is 12.9. The Labute approximate surface area is 85.5 Å². The van der Waals surface area contributed by atoms with E-state index in [9.17, 15) is 4.79 Å². The van der Waals surface area contributed by atoms with E-state index in [-0.39, 0.29) is 11.9 Å². The third-order valence-corrected chi connectivity index (χ3v) is 2.02. The molecule has 80 valence electrons. The van der Waals surface area contributed by atoms with Crippen LogP contribution in [0.3, 0.4) is 0 Å². The standard InChI is InChI=1S/C10H18N2O2/c1-9(10(13)14-3)8-12(2)7-5-4-6-11/h9H,4-5,7-8H2,1-3H3. The monoisotopic (exact) mass is 198 g/mol. The lowest BCUT2D eigenvalue weighted by molar-refractivity contribution is -0.145. The number of carbonyl (C=O) groups excluding carboxylic acids is 1. The molecular formula is C10H18N2O2. The van der Waals surface area contributed by atoms with Gasteiger partial charge in [-0.3, -0.25) is 4.79 Å². The predicted octanol–water partition coefficient (Wildman–Crippen LogP) is 1.03. The number of nitrogens with zero attached hydrogens (tertiary/aromatic N) is 2. The summed E-state index contributed by atoms with van der Waals surface area (Å²) in [7, 11) is 3.34. The summed E-state index contributed by atoms with van der Waals surface area (Å²) in [6.45, 7) is 3.36. The highest BCUT2D eigenvalue weighted by atomic mass is 16.5. The molecule has 4 heteroatoms. The average Bonchev–Trinajstić information content (AvgIpc) is 2.16. The van der Waals surface area contributed by atoms with Gasteiger partial charge >= 0.3 is 5.97 Å². The molecule has 0 aliphatic carbocycles. The Bertz CT molecular complexity index is 211. The van der Waals surface area contributed by atoms with Gasteiger partial charge in [-0.25, -0.2) is 0 Å². The zero-order valence-electron chi connectivity index (χ0n) is 9.12. The number of rotatable bonds is 6. The van der Waals surface area contributed by atoms with Crippen molar-refractivity contribution >= 4 is 5.97 Å². The van der Waals surface area contributed by atoms with Gasteiger partial charge in [0, 0.05) is 13.0 Å². The zero-order valence-corrected chi connectivity index (χ0v) is 9.12. The van der Waals surface area contributed by atoms with E-state index < -0.39 is 0 Å². The summed E-state index contributed by atoms with van der Waals surface area (Å²) in [5.74, 6) is -0.288. The molecule has 0 saturated carbocycles. The van der Waals surface area contributed by atoms with Crippen LogP contribution in [0.2, 0.25) is 0 Å². The maximum absolute atomic E-state index is 11.1. The van der Waals surface area contributed by atoms with E-state index in [2.05, 4.69) is 10.8 Å². The van der Waals surface area contributed by atoms with Crippen molar-refractivity contribution in [2.75, 3.05) is 27.2 Å². The van der Waals surface area contributed by atoms with E-state index in [0.717, 1.165) is 13.0 Å². The Morgan fingerprint density at radius 3 is 2.79 bits per heavy atom. The molecule has 1 unspecified atom stereocenters. The Balaban J connectivity index is 3.66. The molecule has 0 spiro atoms. The highest BCUT2D eigenvalue weighted by molar-refractivity contribution is 5.71. The van der Waals surface area contributed by atoms with Crippen molar-refractivity contribution in [1.82, 2.24) is 4.90 Å². The van der Waals surface area contributed by atoms with Crippen LogP contribution < -0.4 is 0 Å². The minimum absolute atomic E-state index is 0.105. The van der Waals surface area contributed by atoms with Crippen molar-refractivity contribution in [3.8, 4) is 6.07 Å². The van der Waals surface area contributed by atoms with Crippen LogP contribution in [0.15, 0.2) is 0 Å². The maximum Gasteiger partial charge on any atom is 0.309 e. The van der Waals surface area contributed by atoms with Gasteiger partial charge in [-0.05, 0) is 20.0 Å². The van der Waals surface area contributed by atoms with Crippen molar-refractivity contribution in [2.45, 2.75) is 19.8 Å². The second-order valence-corrected chi connectivity index (χ2v) is 3.45. The Morgan fingerprint density at radius 1 is 1.64 bits per heavy atom. The smallest absolute Gasteiger partial charge is 0.309 e. The van der Waals surface area contributed by atoms with Gasteiger partial charge in [0.2, 0.25) is 0 Å². The van der Waals surface area contributed by atoms with Gasteiger partial charge in [-0.15, -0.1) is 0 Å². The largest absolute Gasteiger partial charge is 0.469 e. The topological polar surface area (TPSA) is 53.3 Å². The van der Waals surface area contributed by atoms with Gasteiger partial charge in [0.15, 0.2) is 0 Å². The average molecular weight is 198 g/mol. The SMILES string of the molecule is COC(=O)C(C)CN(C)CCCC#N. The molecule has 0 bridgehead atoms. The fraction of sp³-hybridized carbons (Fsp3) is 0.800. The molecule has 0 aromatic rings. The van der Waals surface area contributed by atoms with Gasteiger partial charge in [0.1, 0.15) is 0 Å². The maximum atomic E-state index is 11.1. The zero-order chi connectivity index (χ0) is 11.0. The van der Waals surface area contributed by atoms with Crippen molar-refractivity contribution in [2.24, 2.45) is 5.92 Å². The fourth-order valence-electron chi connectivity index (χ4n) is 1.26. The quantitative estimate of drug-likeness (QED) is 0.472. The summed E-state index contributed by atoms with van der Waals surface area (Å²) in [4.78, 5) is 13.1. The first-order valence-corrected chi connectivity index (χ1v) is 4.75. The van der Waals surface area contributed by atoms with Crippen molar-refractivity contribution < 1.29 is 9.53 Å². The molecule has 1 atom stereocenters. The van der Waals surface area contributed by atoms with E-state index in [4.69, 9.17) is 5.26 Å². The van der Waals surface area contributed by atoms with Crippen LogP contribution in [0.25, 0.3) is 0 Å².